The Labute approximate surface area is 185 Å². The minimum absolute atomic E-state index is 0.0489. The maximum atomic E-state index is 12.1. The molecule has 0 aliphatic heterocycles. The quantitative estimate of drug-likeness (QED) is 0.389. The summed E-state index contributed by atoms with van der Waals surface area (Å²) in [5.41, 5.74) is 6.01. The smallest absolute Gasteiger partial charge is 0.276 e. The second kappa shape index (κ2) is 10.9. The molecule has 0 heterocycles. The lowest BCUT2D eigenvalue weighted by atomic mass is 10.1. The van der Waals surface area contributed by atoms with Crippen molar-refractivity contribution < 1.29 is 19.1 Å². The average molecular weight is 438 g/mol. The first-order valence-corrected chi connectivity index (χ1v) is 10.2. The zero-order valence-electron chi connectivity index (χ0n) is 17.0. The van der Waals surface area contributed by atoms with Crippen molar-refractivity contribution in [3.63, 3.8) is 0 Å². The number of carbonyl (C=O) groups excluding carboxylic acids is 2. The molecule has 3 aromatic carbocycles. The maximum absolute atomic E-state index is 12.1. The number of amides is 2. The Kier molecular flexibility index (Phi) is 7.78. The Bertz CT molecular complexity index is 1060. The molecule has 0 atom stereocenters. The Morgan fingerprint density at radius 3 is 2.32 bits per heavy atom. The van der Waals surface area contributed by atoms with Gasteiger partial charge in [0.15, 0.2) is 18.3 Å². The van der Waals surface area contributed by atoms with Crippen LogP contribution in [0.25, 0.3) is 10.8 Å². The summed E-state index contributed by atoms with van der Waals surface area (Å²) in [5.74, 6) is 0.300. The molecule has 2 amide bonds. The molecule has 0 aliphatic carbocycles. The standard InChI is InChI=1S/C23H23N3O4S/c1-2-16-10-12-18(13-11-16)29-15-22(28)25-26-23(31)24-21(27)14-30-20-9-5-7-17-6-3-4-8-19(17)20/h3-13H,2,14-15H2,1H3,(H,25,28)(H2,24,26,27,31). The fraction of sp³-hybridized carbons (Fsp3) is 0.174. The van der Waals surface area contributed by atoms with Gasteiger partial charge in [0.2, 0.25) is 0 Å². The molecule has 160 valence electrons. The van der Waals surface area contributed by atoms with Gasteiger partial charge in [0.25, 0.3) is 11.8 Å². The Morgan fingerprint density at radius 2 is 1.55 bits per heavy atom. The van der Waals surface area contributed by atoms with Crippen LogP contribution in [0.1, 0.15) is 12.5 Å². The fourth-order valence-corrected chi connectivity index (χ4v) is 2.96. The Morgan fingerprint density at radius 1 is 0.839 bits per heavy atom. The summed E-state index contributed by atoms with van der Waals surface area (Å²) in [7, 11) is 0. The molecule has 0 spiro atoms. The number of carbonyl (C=O) groups is 2. The highest BCUT2D eigenvalue weighted by Gasteiger charge is 2.09. The van der Waals surface area contributed by atoms with E-state index in [4.69, 9.17) is 21.7 Å². The number of ether oxygens (including phenoxy) is 2. The van der Waals surface area contributed by atoms with E-state index < -0.39 is 11.8 Å². The molecule has 0 saturated heterocycles. The van der Waals surface area contributed by atoms with Gasteiger partial charge < -0.3 is 9.47 Å². The van der Waals surface area contributed by atoms with Crippen LogP contribution in [0.15, 0.2) is 66.7 Å². The third kappa shape index (κ3) is 6.68. The summed E-state index contributed by atoms with van der Waals surface area (Å²) in [5, 5.41) is 4.32. The number of benzene rings is 3. The lowest BCUT2D eigenvalue weighted by molar-refractivity contribution is -0.124. The molecule has 0 saturated carbocycles. The predicted octanol–water partition coefficient (Wildman–Crippen LogP) is 2.88. The van der Waals surface area contributed by atoms with E-state index in [9.17, 15) is 9.59 Å². The van der Waals surface area contributed by atoms with Gasteiger partial charge in [-0.2, -0.15) is 0 Å². The molecule has 0 bridgehead atoms. The van der Waals surface area contributed by atoms with Crippen molar-refractivity contribution in [2.45, 2.75) is 13.3 Å². The molecule has 3 rings (SSSR count). The van der Waals surface area contributed by atoms with Crippen molar-refractivity contribution >= 4 is 39.9 Å². The van der Waals surface area contributed by atoms with Crippen LogP contribution in [-0.4, -0.2) is 30.1 Å². The summed E-state index contributed by atoms with van der Waals surface area (Å²) in [6.07, 6.45) is 0.931. The van der Waals surface area contributed by atoms with E-state index in [1.54, 1.807) is 18.2 Å². The third-order valence-corrected chi connectivity index (χ3v) is 4.58. The first kappa shape index (κ1) is 22.0. The van der Waals surface area contributed by atoms with E-state index in [-0.39, 0.29) is 18.3 Å². The minimum atomic E-state index is -0.452. The van der Waals surface area contributed by atoms with E-state index in [1.807, 2.05) is 48.5 Å². The van der Waals surface area contributed by atoms with Gasteiger partial charge in [-0.25, -0.2) is 0 Å². The molecule has 0 fully saturated rings. The second-order valence-corrected chi connectivity index (χ2v) is 7.01. The van der Waals surface area contributed by atoms with Crippen molar-refractivity contribution in [2.24, 2.45) is 0 Å². The molecule has 31 heavy (non-hydrogen) atoms. The molecule has 0 aliphatic rings. The molecular formula is C23H23N3O4S. The molecule has 7 nitrogen and oxygen atoms in total. The molecule has 3 aromatic rings. The largest absolute Gasteiger partial charge is 0.484 e. The summed E-state index contributed by atoms with van der Waals surface area (Å²) in [6, 6.07) is 20.8. The summed E-state index contributed by atoms with van der Waals surface area (Å²) in [6.45, 7) is 1.65. The summed E-state index contributed by atoms with van der Waals surface area (Å²) in [4.78, 5) is 23.9. The van der Waals surface area contributed by atoms with Gasteiger partial charge in [0.05, 0.1) is 0 Å². The van der Waals surface area contributed by atoms with Crippen molar-refractivity contribution in [2.75, 3.05) is 13.2 Å². The normalized spacial score (nSPS) is 10.2. The maximum Gasteiger partial charge on any atom is 0.276 e. The van der Waals surface area contributed by atoms with Crippen LogP contribution in [0.4, 0.5) is 0 Å². The SMILES string of the molecule is CCc1ccc(OCC(=O)NNC(=S)NC(=O)COc2cccc3ccccc23)cc1. The van der Waals surface area contributed by atoms with Crippen LogP contribution in [0.2, 0.25) is 0 Å². The highest BCUT2D eigenvalue weighted by Crippen LogP contribution is 2.24. The summed E-state index contributed by atoms with van der Waals surface area (Å²) < 4.78 is 11.0. The van der Waals surface area contributed by atoms with Crippen LogP contribution in [0.5, 0.6) is 11.5 Å². The van der Waals surface area contributed by atoms with Gasteiger partial charge in [-0.05, 0) is 47.8 Å². The third-order valence-electron chi connectivity index (χ3n) is 4.38. The molecule has 0 unspecified atom stereocenters. The van der Waals surface area contributed by atoms with Crippen LogP contribution < -0.4 is 25.6 Å². The Hall–Kier alpha value is -3.65. The second-order valence-electron chi connectivity index (χ2n) is 6.60. The molecule has 0 aromatic heterocycles. The number of hydrazine groups is 1. The van der Waals surface area contributed by atoms with Crippen molar-refractivity contribution in [3.05, 3.63) is 72.3 Å². The number of hydrogen-bond donors (Lipinski definition) is 3. The van der Waals surface area contributed by atoms with Gasteiger partial charge in [0, 0.05) is 5.39 Å². The molecule has 3 N–H and O–H groups in total. The Balaban J connectivity index is 1.37. The lowest BCUT2D eigenvalue weighted by Crippen LogP contribution is -2.50. The highest BCUT2D eigenvalue weighted by atomic mass is 32.1. The van der Waals surface area contributed by atoms with Crippen molar-refractivity contribution in [3.8, 4) is 11.5 Å². The van der Waals surface area contributed by atoms with Crippen LogP contribution >= 0.6 is 12.2 Å². The fourth-order valence-electron chi connectivity index (χ4n) is 2.79. The molecular weight excluding hydrogens is 414 g/mol. The van der Waals surface area contributed by atoms with Gasteiger partial charge >= 0.3 is 0 Å². The molecule has 8 heteroatoms. The average Bonchev–Trinajstić information content (AvgIpc) is 2.80. The molecule has 0 radical (unpaired) electrons. The van der Waals surface area contributed by atoms with Crippen LogP contribution in [0.3, 0.4) is 0 Å². The van der Waals surface area contributed by atoms with E-state index in [0.29, 0.717) is 11.5 Å². The monoisotopic (exact) mass is 437 g/mol. The topological polar surface area (TPSA) is 88.7 Å². The lowest BCUT2D eigenvalue weighted by Gasteiger charge is -2.12. The zero-order chi connectivity index (χ0) is 22.1. The number of hydrogen-bond acceptors (Lipinski definition) is 5. The zero-order valence-corrected chi connectivity index (χ0v) is 17.8. The van der Waals surface area contributed by atoms with Gasteiger partial charge in [-0.3, -0.25) is 25.8 Å². The number of rotatable bonds is 7. The highest BCUT2D eigenvalue weighted by molar-refractivity contribution is 7.80. The van der Waals surface area contributed by atoms with E-state index in [2.05, 4.69) is 23.1 Å². The van der Waals surface area contributed by atoms with E-state index in [0.717, 1.165) is 17.2 Å². The predicted molar refractivity (Wildman–Crippen MR) is 123 cm³/mol. The number of fused-ring (bicyclic) bond motifs is 1. The van der Waals surface area contributed by atoms with Gasteiger partial charge in [-0.1, -0.05) is 55.5 Å². The number of aryl methyl sites for hydroxylation is 1. The van der Waals surface area contributed by atoms with E-state index >= 15 is 0 Å². The van der Waals surface area contributed by atoms with Crippen molar-refractivity contribution in [1.82, 2.24) is 16.2 Å². The van der Waals surface area contributed by atoms with E-state index in [1.165, 1.54) is 5.56 Å². The first-order chi connectivity index (χ1) is 15.0. The summed E-state index contributed by atoms with van der Waals surface area (Å²) >= 11 is 5.01. The van der Waals surface area contributed by atoms with Crippen LogP contribution in [0, 0.1) is 0 Å². The minimum Gasteiger partial charge on any atom is -0.484 e. The number of nitrogens with one attached hydrogen (secondary N) is 3. The number of thiocarbonyl (C=S) groups is 1. The van der Waals surface area contributed by atoms with Gasteiger partial charge in [0.1, 0.15) is 11.5 Å². The van der Waals surface area contributed by atoms with Crippen molar-refractivity contribution in [1.29, 1.82) is 0 Å². The van der Waals surface area contributed by atoms with Gasteiger partial charge in [-0.15, -0.1) is 0 Å². The first-order valence-electron chi connectivity index (χ1n) is 9.76. The van der Waals surface area contributed by atoms with Crippen LogP contribution in [-0.2, 0) is 16.0 Å².